The van der Waals surface area contributed by atoms with Gasteiger partial charge < -0.3 is 14.8 Å². The molecule has 0 heterocycles. The van der Waals surface area contributed by atoms with E-state index in [4.69, 9.17) is 9.47 Å². The van der Waals surface area contributed by atoms with E-state index in [1.165, 1.54) is 0 Å². The van der Waals surface area contributed by atoms with Gasteiger partial charge in [0, 0.05) is 12.8 Å². The quantitative estimate of drug-likeness (QED) is 0.844. The standard InChI is InChI=1S/C20H29NO4/c1-5-15(22)12-14-8-6-9-16(13-14)24-18-11-7-10-17(18)21-19(23)25-20(2,3)4/h6,8-9,13,17-18H,5,7,10-12H2,1-4H3,(H,21,23). The van der Waals surface area contributed by atoms with Crippen LogP contribution in [-0.2, 0) is 16.0 Å². The fourth-order valence-corrected chi connectivity index (χ4v) is 2.95. The van der Waals surface area contributed by atoms with Crippen molar-refractivity contribution in [3.8, 4) is 5.75 Å². The Morgan fingerprint density at radius 3 is 2.68 bits per heavy atom. The highest BCUT2D eigenvalue weighted by molar-refractivity contribution is 5.80. The highest BCUT2D eigenvalue weighted by Gasteiger charge is 2.31. The number of carbonyl (C=O) groups is 2. The van der Waals surface area contributed by atoms with Crippen molar-refractivity contribution in [2.45, 2.75) is 77.5 Å². The molecule has 1 aliphatic rings. The number of ether oxygens (including phenoxy) is 2. The lowest BCUT2D eigenvalue weighted by atomic mass is 10.1. The van der Waals surface area contributed by atoms with Crippen LogP contribution < -0.4 is 10.1 Å². The van der Waals surface area contributed by atoms with E-state index >= 15 is 0 Å². The third-order valence-corrected chi connectivity index (χ3v) is 4.14. The van der Waals surface area contributed by atoms with Gasteiger partial charge in [0.25, 0.3) is 0 Å². The molecule has 1 fully saturated rings. The summed E-state index contributed by atoms with van der Waals surface area (Å²) < 4.78 is 11.4. The number of hydrogen-bond acceptors (Lipinski definition) is 4. The van der Waals surface area contributed by atoms with E-state index in [1.807, 2.05) is 52.0 Å². The van der Waals surface area contributed by atoms with Crippen LogP contribution >= 0.6 is 0 Å². The highest BCUT2D eigenvalue weighted by Crippen LogP contribution is 2.26. The second kappa shape index (κ2) is 8.37. The molecule has 5 nitrogen and oxygen atoms in total. The van der Waals surface area contributed by atoms with Crippen molar-refractivity contribution in [3.63, 3.8) is 0 Å². The number of nitrogens with one attached hydrogen (secondary N) is 1. The lowest BCUT2D eigenvalue weighted by Gasteiger charge is -2.25. The molecule has 1 aliphatic carbocycles. The zero-order valence-corrected chi connectivity index (χ0v) is 15.6. The van der Waals surface area contributed by atoms with Gasteiger partial charge in [0.05, 0.1) is 6.04 Å². The number of ketones is 1. The summed E-state index contributed by atoms with van der Waals surface area (Å²) in [6.45, 7) is 7.41. The van der Waals surface area contributed by atoms with E-state index in [0.29, 0.717) is 12.8 Å². The van der Waals surface area contributed by atoms with Crippen molar-refractivity contribution >= 4 is 11.9 Å². The fraction of sp³-hybridized carbons (Fsp3) is 0.600. The van der Waals surface area contributed by atoms with Gasteiger partial charge >= 0.3 is 6.09 Å². The summed E-state index contributed by atoms with van der Waals surface area (Å²) in [5.74, 6) is 0.951. The van der Waals surface area contributed by atoms with Gasteiger partial charge in [-0.15, -0.1) is 0 Å². The average Bonchev–Trinajstić information content (AvgIpc) is 2.92. The van der Waals surface area contributed by atoms with E-state index in [9.17, 15) is 9.59 Å². The second-order valence-electron chi connectivity index (χ2n) is 7.56. The van der Waals surface area contributed by atoms with Crippen molar-refractivity contribution in [2.24, 2.45) is 0 Å². The summed E-state index contributed by atoms with van der Waals surface area (Å²) in [7, 11) is 0. The zero-order chi connectivity index (χ0) is 18.4. The summed E-state index contributed by atoms with van der Waals surface area (Å²) in [5, 5.41) is 2.92. The zero-order valence-electron chi connectivity index (χ0n) is 15.6. The Balaban J connectivity index is 1.95. The first kappa shape index (κ1) is 19.3. The molecule has 0 radical (unpaired) electrons. The molecule has 1 aromatic rings. The molecular formula is C20H29NO4. The van der Waals surface area contributed by atoms with Gasteiger partial charge in [0.15, 0.2) is 0 Å². The van der Waals surface area contributed by atoms with Crippen LogP contribution in [0.2, 0.25) is 0 Å². The van der Waals surface area contributed by atoms with Crippen LogP contribution in [-0.4, -0.2) is 29.6 Å². The maximum Gasteiger partial charge on any atom is 0.408 e. The van der Waals surface area contributed by atoms with Crippen LogP contribution in [0.15, 0.2) is 24.3 Å². The number of alkyl carbamates (subject to hydrolysis) is 1. The van der Waals surface area contributed by atoms with E-state index in [2.05, 4.69) is 5.32 Å². The minimum absolute atomic E-state index is 0.0595. The van der Waals surface area contributed by atoms with Gasteiger partial charge in [0.1, 0.15) is 23.2 Å². The monoisotopic (exact) mass is 347 g/mol. The Morgan fingerprint density at radius 2 is 2.00 bits per heavy atom. The van der Waals surface area contributed by atoms with Crippen molar-refractivity contribution in [1.29, 1.82) is 0 Å². The Hall–Kier alpha value is -2.04. The van der Waals surface area contributed by atoms with Crippen molar-refractivity contribution in [3.05, 3.63) is 29.8 Å². The van der Waals surface area contributed by atoms with Crippen LogP contribution in [0.4, 0.5) is 4.79 Å². The molecule has 1 saturated carbocycles. The van der Waals surface area contributed by atoms with E-state index in [1.54, 1.807) is 0 Å². The summed E-state index contributed by atoms with van der Waals surface area (Å²) in [6, 6.07) is 7.58. The van der Waals surface area contributed by atoms with Crippen LogP contribution in [0.1, 0.15) is 58.9 Å². The molecule has 0 bridgehead atoms. The van der Waals surface area contributed by atoms with Gasteiger partial charge in [-0.2, -0.15) is 0 Å². The maximum absolute atomic E-state index is 12.0. The first-order valence-electron chi connectivity index (χ1n) is 9.03. The van der Waals surface area contributed by atoms with E-state index in [0.717, 1.165) is 30.6 Å². The van der Waals surface area contributed by atoms with Gasteiger partial charge in [0.2, 0.25) is 0 Å². The molecule has 0 spiro atoms. The molecule has 2 rings (SSSR count). The third-order valence-electron chi connectivity index (χ3n) is 4.14. The molecule has 1 amide bonds. The minimum Gasteiger partial charge on any atom is -0.488 e. The van der Waals surface area contributed by atoms with Gasteiger partial charge in [-0.3, -0.25) is 4.79 Å². The molecule has 138 valence electrons. The lowest BCUT2D eigenvalue weighted by Crippen LogP contribution is -2.44. The van der Waals surface area contributed by atoms with Crippen LogP contribution in [0.3, 0.4) is 0 Å². The summed E-state index contributed by atoms with van der Waals surface area (Å²) in [6.07, 6.45) is 3.24. The lowest BCUT2D eigenvalue weighted by molar-refractivity contribution is -0.118. The second-order valence-corrected chi connectivity index (χ2v) is 7.56. The molecular weight excluding hydrogens is 318 g/mol. The molecule has 1 aromatic carbocycles. The molecule has 5 heteroatoms. The molecule has 25 heavy (non-hydrogen) atoms. The average molecular weight is 347 g/mol. The normalized spacial score (nSPS) is 20.2. The molecule has 0 aliphatic heterocycles. The predicted molar refractivity (Wildman–Crippen MR) is 96.9 cm³/mol. The summed E-state index contributed by atoms with van der Waals surface area (Å²) in [4.78, 5) is 23.6. The highest BCUT2D eigenvalue weighted by atomic mass is 16.6. The predicted octanol–water partition coefficient (Wildman–Crippen LogP) is 4.03. The van der Waals surface area contributed by atoms with Crippen LogP contribution in [0, 0.1) is 0 Å². The molecule has 1 N–H and O–H groups in total. The van der Waals surface area contributed by atoms with Crippen molar-refractivity contribution in [1.82, 2.24) is 5.32 Å². The molecule has 2 unspecified atom stereocenters. The molecule has 2 atom stereocenters. The first-order valence-corrected chi connectivity index (χ1v) is 9.03. The van der Waals surface area contributed by atoms with Crippen LogP contribution in [0.25, 0.3) is 0 Å². The van der Waals surface area contributed by atoms with E-state index in [-0.39, 0.29) is 17.9 Å². The van der Waals surface area contributed by atoms with Gasteiger partial charge in [-0.05, 0) is 57.7 Å². The van der Waals surface area contributed by atoms with Gasteiger partial charge in [-0.1, -0.05) is 19.1 Å². The van der Waals surface area contributed by atoms with Crippen molar-refractivity contribution in [2.75, 3.05) is 0 Å². The summed E-state index contributed by atoms with van der Waals surface area (Å²) in [5.41, 5.74) is 0.443. The Bertz CT molecular complexity index is 606. The fourth-order valence-electron chi connectivity index (χ4n) is 2.95. The summed E-state index contributed by atoms with van der Waals surface area (Å²) >= 11 is 0. The van der Waals surface area contributed by atoms with Crippen molar-refractivity contribution < 1.29 is 19.1 Å². The number of Topliss-reactive ketones (excluding diaryl/α,β-unsaturated/α-hetero) is 1. The number of carbonyl (C=O) groups excluding carboxylic acids is 2. The van der Waals surface area contributed by atoms with Gasteiger partial charge in [-0.25, -0.2) is 4.79 Å². The minimum atomic E-state index is -0.515. The Morgan fingerprint density at radius 1 is 1.24 bits per heavy atom. The first-order chi connectivity index (χ1) is 11.8. The number of hydrogen-bond donors (Lipinski definition) is 1. The number of amides is 1. The van der Waals surface area contributed by atoms with Crippen LogP contribution in [0.5, 0.6) is 5.75 Å². The van der Waals surface area contributed by atoms with E-state index < -0.39 is 11.7 Å². The third kappa shape index (κ3) is 6.40. The topological polar surface area (TPSA) is 64.6 Å². The SMILES string of the molecule is CCC(=O)Cc1cccc(OC2CCCC2NC(=O)OC(C)(C)C)c1. The Kier molecular flexibility index (Phi) is 6.45. The maximum atomic E-state index is 12.0. The number of benzene rings is 1. The molecule has 0 aromatic heterocycles. The Labute approximate surface area is 150 Å². The smallest absolute Gasteiger partial charge is 0.408 e. The molecule has 0 saturated heterocycles. The number of rotatable bonds is 6. The largest absolute Gasteiger partial charge is 0.488 e.